The van der Waals surface area contributed by atoms with Crippen molar-refractivity contribution in [1.29, 1.82) is 0 Å². The van der Waals surface area contributed by atoms with Crippen molar-refractivity contribution in [3.63, 3.8) is 0 Å². The fourth-order valence-corrected chi connectivity index (χ4v) is 3.09. The van der Waals surface area contributed by atoms with Crippen LogP contribution in [0.4, 0.5) is 0 Å². The first-order valence-electron chi connectivity index (χ1n) is 8.42. The predicted molar refractivity (Wildman–Crippen MR) is 94.1 cm³/mol. The second kappa shape index (κ2) is 6.87. The number of amides is 2. The maximum absolute atomic E-state index is 12.9. The van der Waals surface area contributed by atoms with Crippen LogP contribution >= 0.6 is 0 Å². The Morgan fingerprint density at radius 2 is 1.62 bits per heavy atom. The predicted octanol–water partition coefficient (Wildman–Crippen LogP) is 2.06. The maximum atomic E-state index is 12.9. The zero-order valence-corrected chi connectivity index (χ0v) is 14.1. The standard InChI is InChI=1S/C19H18N4O3/c24-18(15-6-11-26-13-15)21-7-9-22(10-8-21)19(25)17-12-20-14-23(17)16-4-2-1-3-5-16/h1-6,11-14H,7-10H2. The van der Waals surface area contributed by atoms with Gasteiger partial charge < -0.3 is 14.2 Å². The summed E-state index contributed by atoms with van der Waals surface area (Å²) in [7, 11) is 0. The van der Waals surface area contributed by atoms with Crippen molar-refractivity contribution < 1.29 is 14.0 Å². The molecule has 1 aliphatic heterocycles. The molecule has 0 bridgehead atoms. The van der Waals surface area contributed by atoms with Crippen LogP contribution in [0.1, 0.15) is 20.8 Å². The van der Waals surface area contributed by atoms with Crippen LogP contribution in [0.5, 0.6) is 0 Å². The molecule has 2 aromatic heterocycles. The molecular formula is C19H18N4O3. The van der Waals surface area contributed by atoms with Gasteiger partial charge in [0.15, 0.2) is 0 Å². The minimum Gasteiger partial charge on any atom is -0.472 e. The first-order valence-corrected chi connectivity index (χ1v) is 8.42. The van der Waals surface area contributed by atoms with Crippen molar-refractivity contribution in [3.8, 4) is 5.69 Å². The summed E-state index contributed by atoms with van der Waals surface area (Å²) in [6, 6.07) is 11.3. The summed E-state index contributed by atoms with van der Waals surface area (Å²) in [5, 5.41) is 0. The largest absolute Gasteiger partial charge is 0.472 e. The SMILES string of the molecule is O=C(c1ccoc1)N1CCN(C(=O)c2cncn2-c2ccccc2)CC1. The second-order valence-corrected chi connectivity index (χ2v) is 6.08. The highest BCUT2D eigenvalue weighted by atomic mass is 16.3. The van der Waals surface area contributed by atoms with Gasteiger partial charge in [-0.05, 0) is 18.2 Å². The van der Waals surface area contributed by atoms with Crippen LogP contribution < -0.4 is 0 Å². The molecule has 0 atom stereocenters. The van der Waals surface area contributed by atoms with Crippen molar-refractivity contribution in [2.45, 2.75) is 0 Å². The zero-order valence-electron chi connectivity index (χ0n) is 14.1. The fourth-order valence-electron chi connectivity index (χ4n) is 3.09. The van der Waals surface area contributed by atoms with Gasteiger partial charge in [-0.2, -0.15) is 0 Å². The number of furan rings is 1. The Balaban J connectivity index is 1.45. The first kappa shape index (κ1) is 16.1. The van der Waals surface area contributed by atoms with Crippen molar-refractivity contribution in [3.05, 3.63) is 72.7 Å². The normalized spacial score (nSPS) is 14.5. The molecule has 0 N–H and O–H groups in total. The van der Waals surface area contributed by atoms with Gasteiger partial charge >= 0.3 is 0 Å². The van der Waals surface area contributed by atoms with E-state index in [2.05, 4.69) is 4.98 Å². The van der Waals surface area contributed by atoms with Gasteiger partial charge in [0.2, 0.25) is 0 Å². The Morgan fingerprint density at radius 1 is 0.923 bits per heavy atom. The molecule has 4 rings (SSSR count). The van der Waals surface area contributed by atoms with E-state index in [0.717, 1.165) is 5.69 Å². The lowest BCUT2D eigenvalue weighted by Crippen LogP contribution is -2.50. The lowest BCUT2D eigenvalue weighted by atomic mass is 10.2. The van der Waals surface area contributed by atoms with E-state index in [4.69, 9.17) is 4.42 Å². The smallest absolute Gasteiger partial charge is 0.272 e. The number of carbonyl (C=O) groups is 2. The molecule has 3 heterocycles. The van der Waals surface area contributed by atoms with Gasteiger partial charge in [0.25, 0.3) is 11.8 Å². The first-order chi connectivity index (χ1) is 12.7. The van der Waals surface area contributed by atoms with E-state index in [1.54, 1.807) is 33.0 Å². The van der Waals surface area contributed by atoms with Gasteiger partial charge in [-0.1, -0.05) is 18.2 Å². The topological polar surface area (TPSA) is 71.6 Å². The van der Waals surface area contributed by atoms with Gasteiger partial charge in [-0.25, -0.2) is 4.98 Å². The minimum absolute atomic E-state index is 0.0693. The quantitative estimate of drug-likeness (QED) is 0.725. The number of para-hydroxylation sites is 1. The molecule has 132 valence electrons. The number of benzene rings is 1. The van der Waals surface area contributed by atoms with Crippen LogP contribution in [-0.2, 0) is 0 Å². The average Bonchev–Trinajstić information content (AvgIpc) is 3.39. The lowest BCUT2D eigenvalue weighted by Gasteiger charge is -2.34. The second-order valence-electron chi connectivity index (χ2n) is 6.08. The molecule has 0 aliphatic carbocycles. The van der Waals surface area contributed by atoms with Gasteiger partial charge in [0.1, 0.15) is 12.0 Å². The van der Waals surface area contributed by atoms with E-state index >= 15 is 0 Å². The summed E-state index contributed by atoms with van der Waals surface area (Å²) in [5.41, 5.74) is 1.94. The van der Waals surface area contributed by atoms with Crippen LogP contribution in [-0.4, -0.2) is 57.3 Å². The molecule has 1 fully saturated rings. The van der Waals surface area contributed by atoms with Gasteiger partial charge in [0.05, 0.1) is 24.4 Å². The van der Waals surface area contributed by atoms with Crippen LogP contribution in [0.3, 0.4) is 0 Å². The summed E-state index contributed by atoms with van der Waals surface area (Å²) in [6.07, 6.45) is 6.15. The van der Waals surface area contributed by atoms with E-state index in [1.807, 2.05) is 30.3 Å². The molecule has 7 heteroatoms. The van der Waals surface area contributed by atoms with Crippen molar-refractivity contribution in [1.82, 2.24) is 19.4 Å². The van der Waals surface area contributed by atoms with E-state index in [-0.39, 0.29) is 11.8 Å². The van der Waals surface area contributed by atoms with Crippen molar-refractivity contribution >= 4 is 11.8 Å². The van der Waals surface area contributed by atoms with E-state index < -0.39 is 0 Å². The Hall–Kier alpha value is -3.35. The third kappa shape index (κ3) is 2.99. The summed E-state index contributed by atoms with van der Waals surface area (Å²) < 4.78 is 6.75. The third-order valence-electron chi connectivity index (χ3n) is 4.51. The highest BCUT2D eigenvalue weighted by Crippen LogP contribution is 2.15. The number of aromatic nitrogens is 2. The molecule has 26 heavy (non-hydrogen) atoms. The Kier molecular flexibility index (Phi) is 4.27. The molecule has 1 saturated heterocycles. The molecule has 7 nitrogen and oxygen atoms in total. The number of nitrogens with zero attached hydrogens (tertiary/aromatic N) is 4. The van der Waals surface area contributed by atoms with E-state index in [1.165, 1.54) is 12.5 Å². The molecule has 0 radical (unpaired) electrons. The summed E-state index contributed by atoms with van der Waals surface area (Å²) in [6.45, 7) is 1.97. The molecular weight excluding hydrogens is 332 g/mol. The third-order valence-corrected chi connectivity index (χ3v) is 4.51. The van der Waals surface area contributed by atoms with Gasteiger partial charge in [0, 0.05) is 31.9 Å². The van der Waals surface area contributed by atoms with Gasteiger partial charge in [-0.3, -0.25) is 14.2 Å². The Labute approximate surface area is 150 Å². The molecule has 2 amide bonds. The monoisotopic (exact) mass is 350 g/mol. The Bertz CT molecular complexity index is 894. The number of rotatable bonds is 3. The summed E-state index contributed by atoms with van der Waals surface area (Å²) >= 11 is 0. The fraction of sp³-hybridized carbons (Fsp3) is 0.211. The van der Waals surface area contributed by atoms with Crippen LogP contribution in [0, 0.1) is 0 Å². The number of carbonyl (C=O) groups excluding carboxylic acids is 2. The molecule has 0 unspecified atom stereocenters. The molecule has 0 saturated carbocycles. The van der Waals surface area contributed by atoms with Crippen LogP contribution in [0.25, 0.3) is 5.69 Å². The molecule has 0 spiro atoms. The highest BCUT2D eigenvalue weighted by molar-refractivity contribution is 5.95. The number of hydrogen-bond donors (Lipinski definition) is 0. The number of piperazine rings is 1. The highest BCUT2D eigenvalue weighted by Gasteiger charge is 2.27. The van der Waals surface area contributed by atoms with Gasteiger partial charge in [-0.15, -0.1) is 0 Å². The molecule has 3 aromatic rings. The minimum atomic E-state index is -0.0817. The Morgan fingerprint density at radius 3 is 2.27 bits per heavy atom. The lowest BCUT2D eigenvalue weighted by molar-refractivity contribution is 0.0530. The summed E-state index contributed by atoms with van der Waals surface area (Å²) in [4.78, 5) is 32.9. The van der Waals surface area contributed by atoms with Crippen molar-refractivity contribution in [2.75, 3.05) is 26.2 Å². The van der Waals surface area contributed by atoms with E-state index in [0.29, 0.717) is 37.4 Å². The number of imidazole rings is 1. The maximum Gasteiger partial charge on any atom is 0.272 e. The van der Waals surface area contributed by atoms with Crippen molar-refractivity contribution in [2.24, 2.45) is 0 Å². The number of hydrogen-bond acceptors (Lipinski definition) is 4. The van der Waals surface area contributed by atoms with Crippen LogP contribution in [0.2, 0.25) is 0 Å². The summed E-state index contributed by atoms with van der Waals surface area (Å²) in [5.74, 6) is -0.151. The molecule has 1 aliphatic rings. The van der Waals surface area contributed by atoms with E-state index in [9.17, 15) is 9.59 Å². The average molecular weight is 350 g/mol. The van der Waals surface area contributed by atoms with Crippen LogP contribution in [0.15, 0.2) is 65.9 Å². The zero-order chi connectivity index (χ0) is 17.9. The molecule has 1 aromatic carbocycles.